The summed E-state index contributed by atoms with van der Waals surface area (Å²) >= 11 is 12.2. The first kappa shape index (κ1) is 14.2. The zero-order valence-corrected chi connectivity index (χ0v) is 12.7. The van der Waals surface area contributed by atoms with Gasteiger partial charge >= 0.3 is 0 Å². The minimum atomic E-state index is 0.130. The fourth-order valence-electron chi connectivity index (χ4n) is 2.40. The monoisotopic (exact) mass is 317 g/mol. The van der Waals surface area contributed by atoms with Gasteiger partial charge in [-0.25, -0.2) is 0 Å². The van der Waals surface area contributed by atoms with Crippen molar-refractivity contribution in [3.63, 3.8) is 0 Å². The van der Waals surface area contributed by atoms with Gasteiger partial charge in [0, 0.05) is 35.1 Å². The Morgan fingerprint density at radius 2 is 1.81 bits per heavy atom. The van der Waals surface area contributed by atoms with Crippen LogP contribution in [0.25, 0.3) is 10.9 Å². The molecular weight excluding hydrogens is 305 g/mol. The molecule has 0 spiro atoms. The number of carbonyl (C=O) groups excluding carboxylic acids is 1. The SMILES string of the molecule is O=C(CCn1ccc2c(Cl)cc(Cl)cc21)c1ccccc1. The topological polar surface area (TPSA) is 22.0 Å². The smallest absolute Gasteiger partial charge is 0.164 e. The fourth-order valence-corrected chi connectivity index (χ4v) is 2.95. The maximum Gasteiger partial charge on any atom is 0.164 e. The second kappa shape index (κ2) is 5.92. The fraction of sp³-hybridized carbons (Fsp3) is 0.118. The lowest BCUT2D eigenvalue weighted by Crippen LogP contribution is -2.05. The van der Waals surface area contributed by atoms with Gasteiger partial charge in [-0.2, -0.15) is 0 Å². The van der Waals surface area contributed by atoms with E-state index in [1.807, 2.05) is 53.2 Å². The van der Waals surface area contributed by atoms with Crippen molar-refractivity contribution in [3.8, 4) is 0 Å². The van der Waals surface area contributed by atoms with Gasteiger partial charge in [0.2, 0.25) is 0 Å². The van der Waals surface area contributed by atoms with E-state index in [0.29, 0.717) is 23.0 Å². The number of aromatic nitrogens is 1. The Labute approximate surface area is 132 Å². The van der Waals surface area contributed by atoms with Crippen molar-refractivity contribution >= 4 is 39.9 Å². The molecule has 2 aromatic carbocycles. The molecule has 3 aromatic rings. The van der Waals surface area contributed by atoms with Crippen LogP contribution in [-0.4, -0.2) is 10.4 Å². The van der Waals surface area contributed by atoms with E-state index < -0.39 is 0 Å². The molecule has 0 saturated carbocycles. The standard InChI is InChI=1S/C17H13Cl2NO/c18-13-10-15(19)14-6-8-20(16(14)11-13)9-7-17(21)12-4-2-1-3-5-12/h1-6,8,10-11H,7,9H2. The van der Waals surface area contributed by atoms with Crippen LogP contribution in [0.5, 0.6) is 0 Å². The van der Waals surface area contributed by atoms with E-state index in [2.05, 4.69) is 0 Å². The van der Waals surface area contributed by atoms with E-state index in [0.717, 1.165) is 16.5 Å². The Morgan fingerprint density at radius 1 is 1.05 bits per heavy atom. The minimum Gasteiger partial charge on any atom is -0.347 e. The van der Waals surface area contributed by atoms with Crippen molar-refractivity contribution in [2.24, 2.45) is 0 Å². The summed E-state index contributed by atoms with van der Waals surface area (Å²) in [5, 5.41) is 2.18. The highest BCUT2D eigenvalue weighted by atomic mass is 35.5. The number of rotatable bonds is 4. The molecule has 0 N–H and O–H groups in total. The first-order chi connectivity index (χ1) is 10.1. The number of nitrogens with zero attached hydrogens (tertiary/aromatic N) is 1. The molecule has 0 atom stereocenters. The van der Waals surface area contributed by atoms with Crippen LogP contribution in [0.3, 0.4) is 0 Å². The predicted molar refractivity (Wildman–Crippen MR) is 87.3 cm³/mol. The first-order valence-electron chi connectivity index (χ1n) is 6.67. The second-order valence-corrected chi connectivity index (χ2v) is 5.71. The molecule has 0 unspecified atom stereocenters. The Balaban J connectivity index is 1.81. The van der Waals surface area contributed by atoms with Gasteiger partial charge in [0.05, 0.1) is 10.5 Å². The average Bonchev–Trinajstić information content (AvgIpc) is 2.89. The Kier molecular flexibility index (Phi) is 4.00. The number of hydrogen-bond donors (Lipinski definition) is 0. The zero-order valence-electron chi connectivity index (χ0n) is 11.2. The van der Waals surface area contributed by atoms with Crippen LogP contribution in [0.15, 0.2) is 54.7 Å². The summed E-state index contributed by atoms with van der Waals surface area (Å²) in [7, 11) is 0. The number of benzene rings is 2. The highest BCUT2D eigenvalue weighted by Crippen LogP contribution is 2.28. The van der Waals surface area contributed by atoms with Crippen LogP contribution in [0.4, 0.5) is 0 Å². The van der Waals surface area contributed by atoms with Crippen molar-refractivity contribution in [2.45, 2.75) is 13.0 Å². The number of carbonyl (C=O) groups is 1. The van der Waals surface area contributed by atoms with Crippen LogP contribution in [0.2, 0.25) is 10.0 Å². The number of hydrogen-bond acceptors (Lipinski definition) is 1. The van der Waals surface area contributed by atoms with E-state index in [9.17, 15) is 4.79 Å². The Morgan fingerprint density at radius 3 is 2.57 bits per heavy atom. The largest absolute Gasteiger partial charge is 0.347 e. The lowest BCUT2D eigenvalue weighted by atomic mass is 10.1. The molecular formula is C17H13Cl2NO. The van der Waals surface area contributed by atoms with E-state index in [4.69, 9.17) is 23.2 Å². The summed E-state index contributed by atoms with van der Waals surface area (Å²) in [6, 6.07) is 14.9. The van der Waals surface area contributed by atoms with E-state index in [1.165, 1.54) is 0 Å². The molecule has 0 amide bonds. The third-order valence-corrected chi connectivity index (χ3v) is 4.01. The summed E-state index contributed by atoms with van der Waals surface area (Å²) < 4.78 is 2.01. The van der Waals surface area contributed by atoms with Crippen molar-refractivity contribution in [3.05, 3.63) is 70.3 Å². The third kappa shape index (κ3) is 2.97. The van der Waals surface area contributed by atoms with Crippen LogP contribution in [0.1, 0.15) is 16.8 Å². The zero-order chi connectivity index (χ0) is 14.8. The molecule has 21 heavy (non-hydrogen) atoms. The van der Waals surface area contributed by atoms with Crippen LogP contribution >= 0.6 is 23.2 Å². The molecule has 0 bridgehead atoms. The van der Waals surface area contributed by atoms with E-state index in [-0.39, 0.29) is 5.78 Å². The van der Waals surface area contributed by atoms with Gasteiger partial charge < -0.3 is 4.57 Å². The van der Waals surface area contributed by atoms with Crippen molar-refractivity contribution in [1.29, 1.82) is 0 Å². The second-order valence-electron chi connectivity index (χ2n) is 4.87. The molecule has 4 heteroatoms. The van der Waals surface area contributed by atoms with Crippen LogP contribution < -0.4 is 0 Å². The molecule has 106 valence electrons. The lowest BCUT2D eigenvalue weighted by molar-refractivity contribution is 0.0977. The maximum atomic E-state index is 12.1. The molecule has 1 aromatic heterocycles. The summed E-state index contributed by atoms with van der Waals surface area (Å²) in [5.74, 6) is 0.130. The number of halogens is 2. The molecule has 3 rings (SSSR count). The summed E-state index contributed by atoms with van der Waals surface area (Å²) in [6.07, 6.45) is 2.38. The molecule has 0 radical (unpaired) electrons. The van der Waals surface area contributed by atoms with Gasteiger partial charge in [-0.3, -0.25) is 4.79 Å². The minimum absolute atomic E-state index is 0.130. The molecule has 2 nitrogen and oxygen atoms in total. The molecule has 0 aliphatic carbocycles. The van der Waals surface area contributed by atoms with Crippen molar-refractivity contribution in [2.75, 3.05) is 0 Å². The van der Waals surface area contributed by atoms with Gasteiger partial charge in [-0.1, -0.05) is 53.5 Å². The number of Topliss-reactive ketones (excluding diaryl/α,β-unsaturated/α-hetero) is 1. The summed E-state index contributed by atoms with van der Waals surface area (Å²) in [5.41, 5.74) is 1.69. The van der Waals surface area contributed by atoms with Gasteiger partial charge in [0.15, 0.2) is 5.78 Å². The normalized spacial score (nSPS) is 11.0. The number of ketones is 1. The third-order valence-electron chi connectivity index (χ3n) is 3.48. The number of aryl methyl sites for hydroxylation is 1. The van der Waals surface area contributed by atoms with Gasteiger partial charge in [0.25, 0.3) is 0 Å². The Bertz CT molecular complexity index is 793. The van der Waals surface area contributed by atoms with Crippen LogP contribution in [-0.2, 0) is 6.54 Å². The maximum absolute atomic E-state index is 12.1. The molecule has 0 saturated heterocycles. The predicted octanol–water partition coefficient (Wildman–Crippen LogP) is 5.22. The highest BCUT2D eigenvalue weighted by molar-refractivity contribution is 6.38. The van der Waals surface area contributed by atoms with Gasteiger partial charge in [-0.15, -0.1) is 0 Å². The van der Waals surface area contributed by atoms with E-state index >= 15 is 0 Å². The Hall–Kier alpha value is -1.77. The molecule has 0 aliphatic rings. The quantitative estimate of drug-likeness (QED) is 0.604. The number of fused-ring (bicyclic) bond motifs is 1. The van der Waals surface area contributed by atoms with Gasteiger partial charge in [-0.05, 0) is 18.2 Å². The average molecular weight is 318 g/mol. The molecule has 1 heterocycles. The lowest BCUT2D eigenvalue weighted by Gasteiger charge is -2.06. The summed E-state index contributed by atoms with van der Waals surface area (Å²) in [6.45, 7) is 0.605. The molecule has 0 aliphatic heterocycles. The highest BCUT2D eigenvalue weighted by Gasteiger charge is 2.09. The van der Waals surface area contributed by atoms with Crippen LogP contribution in [0, 0.1) is 0 Å². The first-order valence-corrected chi connectivity index (χ1v) is 7.43. The summed E-state index contributed by atoms with van der Waals surface area (Å²) in [4.78, 5) is 12.1. The van der Waals surface area contributed by atoms with Crippen molar-refractivity contribution < 1.29 is 4.79 Å². The van der Waals surface area contributed by atoms with Crippen molar-refractivity contribution in [1.82, 2.24) is 4.57 Å². The van der Waals surface area contributed by atoms with E-state index in [1.54, 1.807) is 6.07 Å². The van der Waals surface area contributed by atoms with Gasteiger partial charge in [0.1, 0.15) is 0 Å². The molecule has 0 fully saturated rings.